The molecule has 0 aliphatic heterocycles. The Morgan fingerprint density at radius 3 is 2.37 bits per heavy atom. The monoisotopic (exact) mass is 360 g/mol. The SMILES string of the molecule is Cc1cc(C(=O)Nc2cccc(C)c2C)nc(Nc2ccc(C)c(C)c2)n1. The maximum absolute atomic E-state index is 12.7. The van der Waals surface area contributed by atoms with Crippen molar-refractivity contribution in [1.29, 1.82) is 0 Å². The summed E-state index contributed by atoms with van der Waals surface area (Å²) < 4.78 is 0. The summed E-state index contributed by atoms with van der Waals surface area (Å²) in [5.41, 5.74) is 7.32. The van der Waals surface area contributed by atoms with E-state index in [1.807, 2.05) is 57.2 Å². The van der Waals surface area contributed by atoms with E-state index in [1.165, 1.54) is 11.1 Å². The minimum absolute atomic E-state index is 0.252. The Hall–Kier alpha value is -3.21. The number of aryl methyl sites for hydroxylation is 4. The number of rotatable bonds is 4. The van der Waals surface area contributed by atoms with Gasteiger partial charge >= 0.3 is 0 Å². The van der Waals surface area contributed by atoms with Gasteiger partial charge in [-0.05, 0) is 81.1 Å². The predicted octanol–water partition coefficient (Wildman–Crippen LogP) is 5.01. The van der Waals surface area contributed by atoms with Crippen LogP contribution in [0.1, 0.15) is 38.4 Å². The molecule has 0 fully saturated rings. The Morgan fingerprint density at radius 2 is 1.63 bits per heavy atom. The summed E-state index contributed by atoms with van der Waals surface area (Å²) in [6, 6.07) is 13.6. The number of hydrogen-bond acceptors (Lipinski definition) is 4. The first-order valence-corrected chi connectivity index (χ1v) is 8.91. The van der Waals surface area contributed by atoms with E-state index in [2.05, 4.69) is 34.4 Å². The maximum Gasteiger partial charge on any atom is 0.274 e. The first-order valence-electron chi connectivity index (χ1n) is 8.91. The van der Waals surface area contributed by atoms with E-state index in [0.717, 1.165) is 28.2 Å². The summed E-state index contributed by atoms with van der Waals surface area (Å²) in [5, 5.41) is 6.14. The number of nitrogens with one attached hydrogen (secondary N) is 2. The normalized spacial score (nSPS) is 10.6. The average molecular weight is 360 g/mol. The molecule has 1 amide bonds. The van der Waals surface area contributed by atoms with E-state index in [1.54, 1.807) is 6.07 Å². The third-order valence-electron chi connectivity index (χ3n) is 4.70. The van der Waals surface area contributed by atoms with Gasteiger partial charge in [0.1, 0.15) is 5.69 Å². The fourth-order valence-corrected chi connectivity index (χ4v) is 2.76. The molecule has 0 bridgehead atoms. The Labute approximate surface area is 159 Å². The molecular formula is C22H24N4O. The fraction of sp³-hybridized carbons (Fsp3) is 0.227. The molecule has 27 heavy (non-hydrogen) atoms. The van der Waals surface area contributed by atoms with Crippen molar-refractivity contribution in [3.8, 4) is 0 Å². The fourth-order valence-electron chi connectivity index (χ4n) is 2.76. The minimum Gasteiger partial charge on any atom is -0.324 e. The van der Waals surface area contributed by atoms with Gasteiger partial charge in [0, 0.05) is 17.1 Å². The van der Waals surface area contributed by atoms with Crippen LogP contribution in [0.2, 0.25) is 0 Å². The molecule has 1 aromatic heterocycles. The molecule has 5 heteroatoms. The molecule has 0 atom stereocenters. The molecule has 2 aromatic carbocycles. The molecule has 3 rings (SSSR count). The third-order valence-corrected chi connectivity index (χ3v) is 4.70. The second-order valence-corrected chi connectivity index (χ2v) is 6.84. The maximum atomic E-state index is 12.7. The van der Waals surface area contributed by atoms with Crippen molar-refractivity contribution in [2.24, 2.45) is 0 Å². The molecule has 0 saturated carbocycles. The summed E-state index contributed by atoms with van der Waals surface area (Å²) in [4.78, 5) is 21.5. The summed E-state index contributed by atoms with van der Waals surface area (Å²) in [6.45, 7) is 9.98. The van der Waals surface area contributed by atoms with Crippen molar-refractivity contribution in [3.05, 3.63) is 76.1 Å². The molecule has 0 saturated heterocycles. The van der Waals surface area contributed by atoms with Crippen molar-refractivity contribution in [3.63, 3.8) is 0 Å². The van der Waals surface area contributed by atoms with Gasteiger partial charge < -0.3 is 10.6 Å². The Morgan fingerprint density at radius 1 is 0.852 bits per heavy atom. The first-order chi connectivity index (χ1) is 12.8. The van der Waals surface area contributed by atoms with Crippen LogP contribution in [0.5, 0.6) is 0 Å². The van der Waals surface area contributed by atoms with Gasteiger partial charge in [-0.2, -0.15) is 0 Å². The summed E-state index contributed by atoms with van der Waals surface area (Å²) >= 11 is 0. The highest BCUT2D eigenvalue weighted by Gasteiger charge is 2.13. The van der Waals surface area contributed by atoms with Crippen LogP contribution in [-0.2, 0) is 0 Å². The summed E-state index contributed by atoms with van der Waals surface area (Å²) in [7, 11) is 0. The molecule has 0 aliphatic rings. The zero-order chi connectivity index (χ0) is 19.6. The van der Waals surface area contributed by atoms with Gasteiger partial charge in [-0.25, -0.2) is 9.97 Å². The Bertz CT molecular complexity index is 1010. The number of benzene rings is 2. The number of amides is 1. The smallest absolute Gasteiger partial charge is 0.274 e. The zero-order valence-corrected chi connectivity index (χ0v) is 16.3. The van der Waals surface area contributed by atoms with E-state index in [4.69, 9.17) is 0 Å². The highest BCUT2D eigenvalue weighted by molar-refractivity contribution is 6.03. The zero-order valence-electron chi connectivity index (χ0n) is 16.3. The molecular weight excluding hydrogens is 336 g/mol. The highest BCUT2D eigenvalue weighted by atomic mass is 16.1. The van der Waals surface area contributed by atoms with E-state index >= 15 is 0 Å². The van der Waals surface area contributed by atoms with Crippen LogP contribution >= 0.6 is 0 Å². The molecule has 0 radical (unpaired) electrons. The third kappa shape index (κ3) is 4.31. The van der Waals surface area contributed by atoms with Crippen LogP contribution in [0.15, 0.2) is 42.5 Å². The van der Waals surface area contributed by atoms with Crippen LogP contribution in [0.4, 0.5) is 17.3 Å². The van der Waals surface area contributed by atoms with Crippen LogP contribution in [0.25, 0.3) is 0 Å². The average Bonchev–Trinajstić information content (AvgIpc) is 2.61. The molecule has 5 nitrogen and oxygen atoms in total. The lowest BCUT2D eigenvalue weighted by atomic mass is 10.1. The van der Waals surface area contributed by atoms with Crippen LogP contribution in [0.3, 0.4) is 0 Å². The van der Waals surface area contributed by atoms with E-state index in [9.17, 15) is 4.79 Å². The molecule has 2 N–H and O–H groups in total. The lowest BCUT2D eigenvalue weighted by Crippen LogP contribution is -2.16. The number of aromatic nitrogens is 2. The second kappa shape index (κ2) is 7.58. The number of carbonyl (C=O) groups excluding carboxylic acids is 1. The largest absolute Gasteiger partial charge is 0.324 e. The molecule has 1 heterocycles. The van der Waals surface area contributed by atoms with E-state index < -0.39 is 0 Å². The van der Waals surface area contributed by atoms with Crippen LogP contribution in [0, 0.1) is 34.6 Å². The van der Waals surface area contributed by atoms with E-state index in [0.29, 0.717) is 11.6 Å². The minimum atomic E-state index is -0.252. The Balaban J connectivity index is 1.85. The number of hydrogen-bond donors (Lipinski definition) is 2. The van der Waals surface area contributed by atoms with Crippen molar-refractivity contribution in [2.75, 3.05) is 10.6 Å². The van der Waals surface area contributed by atoms with Crippen molar-refractivity contribution < 1.29 is 4.79 Å². The lowest BCUT2D eigenvalue weighted by Gasteiger charge is -2.12. The van der Waals surface area contributed by atoms with Crippen molar-refractivity contribution in [2.45, 2.75) is 34.6 Å². The number of carbonyl (C=O) groups is 1. The predicted molar refractivity (Wildman–Crippen MR) is 110 cm³/mol. The van der Waals surface area contributed by atoms with Crippen LogP contribution in [-0.4, -0.2) is 15.9 Å². The lowest BCUT2D eigenvalue weighted by molar-refractivity contribution is 0.102. The summed E-state index contributed by atoms with van der Waals surface area (Å²) in [5.74, 6) is 0.154. The Kier molecular flexibility index (Phi) is 5.21. The van der Waals surface area contributed by atoms with Gasteiger partial charge in [-0.3, -0.25) is 4.79 Å². The molecule has 0 unspecified atom stereocenters. The standard InChI is InChI=1S/C22H24N4O/c1-13-9-10-18(11-15(13)3)24-22-23-16(4)12-20(26-22)21(27)25-19-8-6-7-14(2)17(19)5/h6-12H,1-5H3,(H,25,27)(H,23,24,26). The first kappa shape index (κ1) is 18.6. The van der Waals surface area contributed by atoms with Gasteiger partial charge in [-0.15, -0.1) is 0 Å². The van der Waals surface area contributed by atoms with Crippen LogP contribution < -0.4 is 10.6 Å². The highest BCUT2D eigenvalue weighted by Crippen LogP contribution is 2.20. The van der Waals surface area contributed by atoms with Crippen molar-refractivity contribution >= 4 is 23.2 Å². The quantitative estimate of drug-likeness (QED) is 0.686. The van der Waals surface area contributed by atoms with Gasteiger partial charge in [0.25, 0.3) is 5.91 Å². The topological polar surface area (TPSA) is 66.9 Å². The van der Waals surface area contributed by atoms with E-state index in [-0.39, 0.29) is 5.91 Å². The molecule has 0 aliphatic carbocycles. The van der Waals surface area contributed by atoms with Gasteiger partial charge in [-0.1, -0.05) is 18.2 Å². The molecule has 3 aromatic rings. The van der Waals surface area contributed by atoms with Gasteiger partial charge in [0.15, 0.2) is 0 Å². The second-order valence-electron chi connectivity index (χ2n) is 6.84. The number of nitrogens with zero attached hydrogens (tertiary/aromatic N) is 2. The summed E-state index contributed by atoms with van der Waals surface area (Å²) in [6.07, 6.45) is 0. The number of anilines is 3. The van der Waals surface area contributed by atoms with Crippen molar-refractivity contribution in [1.82, 2.24) is 9.97 Å². The van der Waals surface area contributed by atoms with Gasteiger partial charge in [0.05, 0.1) is 0 Å². The molecule has 138 valence electrons. The molecule has 0 spiro atoms. The van der Waals surface area contributed by atoms with Gasteiger partial charge in [0.2, 0.25) is 5.95 Å².